The van der Waals surface area contributed by atoms with Gasteiger partial charge in [-0.05, 0) is 6.07 Å². The molecule has 0 saturated carbocycles. The van der Waals surface area contributed by atoms with Crippen molar-refractivity contribution < 1.29 is 21.6 Å². The molecule has 15 heavy (non-hydrogen) atoms. The topological polar surface area (TPSA) is 99.1 Å². The molecule has 0 atom stereocenters. The van der Waals surface area contributed by atoms with Gasteiger partial charge < -0.3 is 5.73 Å². The molecule has 0 radical (unpaired) electrons. The number of nitrogens with zero attached hydrogens (tertiary/aromatic N) is 1. The van der Waals surface area contributed by atoms with Crippen LogP contribution >= 0.6 is 0 Å². The van der Waals surface area contributed by atoms with E-state index >= 15 is 0 Å². The molecule has 0 aromatic carbocycles. The van der Waals surface area contributed by atoms with Crippen molar-refractivity contribution in [1.29, 1.82) is 0 Å². The molecule has 1 aromatic heterocycles. The average Bonchev–Trinajstić information content (AvgIpc) is 2.06. The maximum Gasteiger partial charge on any atom is 0.268 e. The number of rotatable bonds is 2. The molecule has 0 aliphatic heterocycles. The average molecular weight is 241 g/mol. The van der Waals surface area contributed by atoms with Crippen molar-refractivity contribution in [2.24, 2.45) is 5.14 Å². The molecule has 4 N–H and O–H groups in total. The standard InChI is InChI=1S/C6H6F3N3O2S/c7-4(8)2-1-3(10)6(12-5(2)9)15(11,13)14/h1,4H,10H2,(H2,11,13,14). The van der Waals surface area contributed by atoms with Crippen molar-refractivity contribution >= 4 is 15.7 Å². The van der Waals surface area contributed by atoms with Gasteiger partial charge in [0.25, 0.3) is 16.4 Å². The number of alkyl halides is 2. The Balaban J connectivity index is 3.46. The van der Waals surface area contributed by atoms with Gasteiger partial charge in [0.2, 0.25) is 5.95 Å². The van der Waals surface area contributed by atoms with Crippen molar-refractivity contribution in [3.05, 3.63) is 17.6 Å². The van der Waals surface area contributed by atoms with Crippen LogP contribution in [0.5, 0.6) is 0 Å². The van der Waals surface area contributed by atoms with E-state index in [1.54, 1.807) is 0 Å². The van der Waals surface area contributed by atoms with E-state index in [2.05, 4.69) is 10.1 Å². The van der Waals surface area contributed by atoms with Crippen molar-refractivity contribution in [3.8, 4) is 0 Å². The molecule has 0 unspecified atom stereocenters. The van der Waals surface area contributed by atoms with E-state index in [1.807, 2.05) is 0 Å². The van der Waals surface area contributed by atoms with E-state index in [9.17, 15) is 21.6 Å². The molecule has 5 nitrogen and oxygen atoms in total. The minimum atomic E-state index is -4.32. The van der Waals surface area contributed by atoms with E-state index in [0.29, 0.717) is 6.07 Å². The normalized spacial score (nSPS) is 12.1. The lowest BCUT2D eigenvalue weighted by molar-refractivity contribution is 0.145. The number of nitrogen functional groups attached to an aromatic ring is 1. The molecule has 84 valence electrons. The molecular weight excluding hydrogens is 235 g/mol. The number of halogens is 3. The summed E-state index contributed by atoms with van der Waals surface area (Å²) in [5, 5.41) is 3.67. The Morgan fingerprint density at radius 1 is 1.40 bits per heavy atom. The van der Waals surface area contributed by atoms with Crippen LogP contribution in [0, 0.1) is 5.95 Å². The van der Waals surface area contributed by atoms with Crippen LogP contribution in [0.15, 0.2) is 11.1 Å². The van der Waals surface area contributed by atoms with Crippen LogP contribution in [0.2, 0.25) is 0 Å². The van der Waals surface area contributed by atoms with Gasteiger partial charge in [-0.3, -0.25) is 0 Å². The van der Waals surface area contributed by atoms with E-state index in [1.165, 1.54) is 0 Å². The lowest BCUT2D eigenvalue weighted by Gasteiger charge is -2.06. The van der Waals surface area contributed by atoms with E-state index < -0.39 is 38.7 Å². The fourth-order valence-corrected chi connectivity index (χ4v) is 1.48. The summed E-state index contributed by atoms with van der Waals surface area (Å²) in [5.74, 6) is -1.61. The van der Waals surface area contributed by atoms with Gasteiger partial charge in [0, 0.05) is 0 Å². The number of hydrogen-bond acceptors (Lipinski definition) is 4. The molecule has 0 bridgehead atoms. The third-order valence-electron chi connectivity index (χ3n) is 1.50. The molecule has 0 fully saturated rings. The third-order valence-corrected chi connectivity index (χ3v) is 2.37. The van der Waals surface area contributed by atoms with Crippen LogP contribution in [-0.4, -0.2) is 13.4 Å². The molecular formula is C6H6F3N3O2S. The van der Waals surface area contributed by atoms with Crippen LogP contribution in [-0.2, 0) is 10.0 Å². The Hall–Kier alpha value is -1.35. The van der Waals surface area contributed by atoms with Gasteiger partial charge in [-0.25, -0.2) is 27.3 Å². The van der Waals surface area contributed by atoms with Gasteiger partial charge in [-0.2, -0.15) is 4.39 Å². The lowest BCUT2D eigenvalue weighted by atomic mass is 10.2. The van der Waals surface area contributed by atoms with Gasteiger partial charge in [-0.1, -0.05) is 0 Å². The summed E-state index contributed by atoms with van der Waals surface area (Å²) in [7, 11) is -4.32. The van der Waals surface area contributed by atoms with E-state index in [4.69, 9.17) is 5.73 Å². The number of pyridine rings is 1. The van der Waals surface area contributed by atoms with Gasteiger partial charge in [0.05, 0.1) is 11.3 Å². The number of hydrogen-bond donors (Lipinski definition) is 2. The Kier molecular flexibility index (Phi) is 2.86. The van der Waals surface area contributed by atoms with Crippen molar-refractivity contribution in [2.45, 2.75) is 11.5 Å². The fraction of sp³-hybridized carbons (Fsp3) is 0.167. The highest BCUT2D eigenvalue weighted by atomic mass is 32.2. The van der Waals surface area contributed by atoms with E-state index in [-0.39, 0.29) is 0 Å². The van der Waals surface area contributed by atoms with E-state index in [0.717, 1.165) is 0 Å². The van der Waals surface area contributed by atoms with Crippen molar-refractivity contribution in [3.63, 3.8) is 0 Å². The zero-order chi connectivity index (χ0) is 11.8. The molecule has 9 heteroatoms. The Morgan fingerprint density at radius 3 is 2.33 bits per heavy atom. The van der Waals surface area contributed by atoms with Gasteiger partial charge >= 0.3 is 0 Å². The summed E-state index contributed by atoms with van der Waals surface area (Å²) in [4.78, 5) is 2.78. The van der Waals surface area contributed by atoms with Crippen LogP contribution < -0.4 is 10.9 Å². The molecule has 0 aliphatic rings. The van der Waals surface area contributed by atoms with Gasteiger partial charge in [-0.15, -0.1) is 0 Å². The van der Waals surface area contributed by atoms with Gasteiger partial charge in [0.1, 0.15) is 0 Å². The second kappa shape index (κ2) is 3.66. The number of aromatic nitrogens is 1. The van der Waals surface area contributed by atoms with Gasteiger partial charge in [0.15, 0.2) is 5.03 Å². The summed E-state index contributed by atoms with van der Waals surface area (Å²) < 4.78 is 58.6. The quantitative estimate of drug-likeness (QED) is 0.731. The third kappa shape index (κ3) is 2.36. The first-order valence-electron chi connectivity index (χ1n) is 3.50. The summed E-state index contributed by atoms with van der Waals surface area (Å²) >= 11 is 0. The van der Waals surface area contributed by atoms with Crippen molar-refractivity contribution in [2.75, 3.05) is 5.73 Å². The molecule has 1 aromatic rings. The summed E-state index contributed by atoms with van der Waals surface area (Å²) in [6.07, 6.45) is -3.13. The highest BCUT2D eigenvalue weighted by Crippen LogP contribution is 2.25. The Morgan fingerprint density at radius 2 is 1.93 bits per heavy atom. The summed E-state index contributed by atoms with van der Waals surface area (Å²) in [5.41, 5.74) is 3.41. The second-order valence-electron chi connectivity index (χ2n) is 2.61. The number of nitrogens with two attached hydrogens (primary N) is 2. The maximum atomic E-state index is 12.8. The number of anilines is 1. The smallest absolute Gasteiger partial charge is 0.268 e. The first-order valence-corrected chi connectivity index (χ1v) is 5.05. The highest BCUT2D eigenvalue weighted by Gasteiger charge is 2.22. The summed E-state index contributed by atoms with van der Waals surface area (Å²) in [6.45, 7) is 0. The molecule has 0 saturated heterocycles. The predicted octanol–water partition coefficient (Wildman–Crippen LogP) is 0.388. The SMILES string of the molecule is Nc1cc(C(F)F)c(F)nc1S(N)(=O)=O. The number of primary sulfonamides is 1. The first-order chi connectivity index (χ1) is 6.73. The van der Waals surface area contributed by atoms with Crippen LogP contribution in [0.4, 0.5) is 18.9 Å². The maximum absolute atomic E-state index is 12.8. The molecule has 1 rings (SSSR count). The predicted molar refractivity (Wildman–Crippen MR) is 44.9 cm³/mol. The largest absolute Gasteiger partial charge is 0.396 e. The minimum absolute atomic E-state index is 0.493. The molecule has 1 heterocycles. The second-order valence-corrected chi connectivity index (χ2v) is 4.09. The Labute approximate surface area is 83.0 Å². The summed E-state index contributed by atoms with van der Waals surface area (Å²) in [6, 6.07) is 0.493. The lowest BCUT2D eigenvalue weighted by Crippen LogP contribution is -2.17. The minimum Gasteiger partial charge on any atom is -0.396 e. The fourth-order valence-electron chi connectivity index (χ4n) is 0.888. The first kappa shape index (κ1) is 11.7. The zero-order valence-electron chi connectivity index (χ0n) is 7.12. The molecule has 0 aliphatic carbocycles. The zero-order valence-corrected chi connectivity index (χ0v) is 7.93. The van der Waals surface area contributed by atoms with Crippen LogP contribution in [0.1, 0.15) is 12.0 Å². The monoisotopic (exact) mass is 241 g/mol. The molecule has 0 spiro atoms. The van der Waals surface area contributed by atoms with Crippen LogP contribution in [0.25, 0.3) is 0 Å². The van der Waals surface area contributed by atoms with Crippen LogP contribution in [0.3, 0.4) is 0 Å². The number of sulfonamides is 1. The Bertz CT molecular complexity index is 489. The van der Waals surface area contributed by atoms with Crippen molar-refractivity contribution in [1.82, 2.24) is 4.98 Å². The highest BCUT2D eigenvalue weighted by molar-refractivity contribution is 7.89. The molecule has 0 amide bonds.